The summed E-state index contributed by atoms with van der Waals surface area (Å²) in [7, 11) is -2.89. The average molecular weight is 359 g/mol. The fourth-order valence-electron chi connectivity index (χ4n) is 3.22. The lowest BCUT2D eigenvalue weighted by Gasteiger charge is -2.16. The predicted octanol–water partition coefficient (Wildman–Crippen LogP) is 2.12. The zero-order chi connectivity index (χ0) is 17.7. The van der Waals surface area contributed by atoms with Crippen LogP contribution in [0.5, 0.6) is 0 Å². The average Bonchev–Trinajstić information content (AvgIpc) is 2.94. The summed E-state index contributed by atoms with van der Waals surface area (Å²) in [6.45, 7) is 3.41. The molecule has 2 aromatic carbocycles. The molecule has 1 saturated heterocycles. The summed E-state index contributed by atoms with van der Waals surface area (Å²) < 4.78 is 23.2. The Hall–Kier alpha value is -2.08. The smallest absolute Gasteiger partial charge is 0.191 e. The van der Waals surface area contributed by atoms with Crippen LogP contribution in [0.3, 0.4) is 0 Å². The molecule has 1 fully saturated rings. The highest BCUT2D eigenvalue weighted by Crippen LogP contribution is 2.18. The Balaban J connectivity index is 1.65. The Morgan fingerprint density at radius 3 is 2.76 bits per heavy atom. The summed E-state index contributed by atoms with van der Waals surface area (Å²) in [5, 5.41) is 8.96. The van der Waals surface area contributed by atoms with Gasteiger partial charge in [0.1, 0.15) is 0 Å². The van der Waals surface area contributed by atoms with Crippen molar-refractivity contribution in [1.82, 2.24) is 10.6 Å². The van der Waals surface area contributed by atoms with Crippen LogP contribution in [0.4, 0.5) is 0 Å². The first-order valence-corrected chi connectivity index (χ1v) is 10.6. The van der Waals surface area contributed by atoms with Crippen molar-refractivity contribution in [3.8, 4) is 0 Å². The number of nitrogens with one attached hydrogen (secondary N) is 2. The second-order valence-corrected chi connectivity index (χ2v) is 8.62. The lowest BCUT2D eigenvalue weighted by atomic mass is 10.0. The highest BCUT2D eigenvalue weighted by atomic mass is 32.2. The van der Waals surface area contributed by atoms with E-state index in [4.69, 9.17) is 0 Å². The summed E-state index contributed by atoms with van der Waals surface area (Å²) in [6, 6.07) is 14.7. The van der Waals surface area contributed by atoms with Crippen molar-refractivity contribution in [2.24, 2.45) is 4.99 Å². The first-order chi connectivity index (χ1) is 12.1. The van der Waals surface area contributed by atoms with Crippen LogP contribution in [-0.2, 0) is 16.3 Å². The molecule has 0 amide bonds. The molecular formula is C19H25N3O2S. The third-order valence-electron chi connectivity index (χ3n) is 4.45. The molecule has 25 heavy (non-hydrogen) atoms. The van der Waals surface area contributed by atoms with Gasteiger partial charge in [-0.15, -0.1) is 0 Å². The van der Waals surface area contributed by atoms with Gasteiger partial charge in [0.25, 0.3) is 0 Å². The maximum absolute atomic E-state index is 11.6. The van der Waals surface area contributed by atoms with E-state index in [1.807, 2.05) is 13.0 Å². The van der Waals surface area contributed by atoms with Crippen LogP contribution >= 0.6 is 0 Å². The zero-order valence-corrected chi connectivity index (χ0v) is 15.3. The van der Waals surface area contributed by atoms with Gasteiger partial charge in [-0.25, -0.2) is 8.42 Å². The summed E-state index contributed by atoms with van der Waals surface area (Å²) >= 11 is 0. The van der Waals surface area contributed by atoms with E-state index in [0.29, 0.717) is 18.9 Å². The number of fused-ring (bicyclic) bond motifs is 1. The molecule has 0 saturated carbocycles. The highest BCUT2D eigenvalue weighted by Gasteiger charge is 2.28. The van der Waals surface area contributed by atoms with Crippen molar-refractivity contribution in [2.75, 3.05) is 24.6 Å². The van der Waals surface area contributed by atoms with E-state index in [9.17, 15) is 8.42 Å². The second-order valence-electron chi connectivity index (χ2n) is 6.39. The van der Waals surface area contributed by atoms with Crippen LogP contribution in [-0.4, -0.2) is 45.0 Å². The Kier molecular flexibility index (Phi) is 5.58. The van der Waals surface area contributed by atoms with E-state index in [0.717, 1.165) is 13.0 Å². The Labute approximate surface area is 149 Å². The van der Waals surface area contributed by atoms with Gasteiger partial charge in [0.15, 0.2) is 15.8 Å². The summed E-state index contributed by atoms with van der Waals surface area (Å²) in [4.78, 5) is 4.63. The predicted molar refractivity (Wildman–Crippen MR) is 104 cm³/mol. The molecule has 1 unspecified atom stereocenters. The number of guanidine groups is 1. The van der Waals surface area contributed by atoms with Crippen LogP contribution in [0.15, 0.2) is 47.5 Å². The summed E-state index contributed by atoms with van der Waals surface area (Å²) in [5.41, 5.74) is 1.28. The molecule has 1 atom stereocenters. The minimum absolute atomic E-state index is 0.0413. The largest absolute Gasteiger partial charge is 0.357 e. The van der Waals surface area contributed by atoms with Crippen LogP contribution in [0.25, 0.3) is 10.8 Å². The number of rotatable bonds is 5. The van der Waals surface area contributed by atoms with Crippen molar-refractivity contribution in [3.63, 3.8) is 0 Å². The van der Waals surface area contributed by atoms with Crippen molar-refractivity contribution in [3.05, 3.63) is 48.0 Å². The van der Waals surface area contributed by atoms with E-state index < -0.39 is 9.84 Å². The molecule has 0 bridgehead atoms. The van der Waals surface area contributed by atoms with Crippen LogP contribution in [0.2, 0.25) is 0 Å². The minimum atomic E-state index is -2.89. The molecule has 134 valence electrons. The van der Waals surface area contributed by atoms with E-state index in [1.54, 1.807) is 0 Å². The Bertz CT molecular complexity index is 857. The van der Waals surface area contributed by atoms with Crippen molar-refractivity contribution in [2.45, 2.75) is 25.8 Å². The third-order valence-corrected chi connectivity index (χ3v) is 6.22. The van der Waals surface area contributed by atoms with Gasteiger partial charge in [-0.1, -0.05) is 42.5 Å². The molecule has 1 aliphatic heterocycles. The van der Waals surface area contributed by atoms with Crippen molar-refractivity contribution >= 4 is 26.6 Å². The van der Waals surface area contributed by atoms with Crippen LogP contribution in [0.1, 0.15) is 18.9 Å². The van der Waals surface area contributed by atoms with Gasteiger partial charge in [-0.05, 0) is 36.1 Å². The molecule has 0 aliphatic carbocycles. The number of nitrogens with zero attached hydrogens (tertiary/aromatic N) is 1. The normalized spacial score (nSPS) is 19.9. The van der Waals surface area contributed by atoms with Gasteiger partial charge >= 0.3 is 0 Å². The molecule has 3 rings (SSSR count). The van der Waals surface area contributed by atoms with E-state index in [2.05, 4.69) is 52.0 Å². The van der Waals surface area contributed by atoms with Gasteiger partial charge in [-0.3, -0.25) is 4.99 Å². The highest BCUT2D eigenvalue weighted by molar-refractivity contribution is 7.91. The van der Waals surface area contributed by atoms with Gasteiger partial charge in [0, 0.05) is 19.1 Å². The molecular weight excluding hydrogens is 334 g/mol. The summed E-state index contributed by atoms with van der Waals surface area (Å²) in [6.07, 6.45) is 1.50. The standard InChI is InChI=1S/C19H25N3O2S/c1-2-20-19(22-17-11-13-25(23,24)14-17)21-12-10-16-8-5-7-15-6-3-4-9-18(15)16/h3-9,17H,2,10-14H2,1H3,(H2,20,21,22). The minimum Gasteiger partial charge on any atom is -0.357 e. The summed E-state index contributed by atoms with van der Waals surface area (Å²) in [5.74, 6) is 1.16. The molecule has 1 aliphatic rings. The van der Waals surface area contributed by atoms with E-state index >= 15 is 0 Å². The van der Waals surface area contributed by atoms with Gasteiger partial charge in [0.05, 0.1) is 11.5 Å². The number of benzene rings is 2. The topological polar surface area (TPSA) is 70.6 Å². The van der Waals surface area contributed by atoms with Gasteiger partial charge < -0.3 is 10.6 Å². The maximum atomic E-state index is 11.6. The number of sulfone groups is 1. The first-order valence-electron chi connectivity index (χ1n) is 8.79. The quantitative estimate of drug-likeness (QED) is 0.634. The number of aliphatic imine (C=N–C) groups is 1. The molecule has 2 N–H and O–H groups in total. The Morgan fingerprint density at radius 2 is 2.00 bits per heavy atom. The fourth-order valence-corrected chi connectivity index (χ4v) is 4.89. The maximum Gasteiger partial charge on any atom is 0.191 e. The molecule has 0 spiro atoms. The molecule has 0 aromatic heterocycles. The molecule has 5 nitrogen and oxygen atoms in total. The number of hydrogen-bond acceptors (Lipinski definition) is 3. The van der Waals surface area contributed by atoms with Gasteiger partial charge in [-0.2, -0.15) is 0 Å². The van der Waals surface area contributed by atoms with E-state index in [1.165, 1.54) is 16.3 Å². The lowest BCUT2D eigenvalue weighted by molar-refractivity contribution is 0.599. The molecule has 0 radical (unpaired) electrons. The third kappa shape index (κ3) is 4.72. The van der Waals surface area contributed by atoms with Crippen LogP contribution in [0, 0.1) is 0 Å². The SMILES string of the molecule is CCNC(=NCCc1cccc2ccccc12)NC1CCS(=O)(=O)C1. The van der Waals surface area contributed by atoms with Crippen molar-refractivity contribution in [1.29, 1.82) is 0 Å². The first kappa shape index (κ1) is 17.7. The molecule has 2 aromatic rings. The van der Waals surface area contributed by atoms with Gasteiger partial charge in [0.2, 0.25) is 0 Å². The number of hydrogen-bond donors (Lipinski definition) is 2. The molecule has 6 heteroatoms. The van der Waals surface area contributed by atoms with Crippen LogP contribution < -0.4 is 10.6 Å². The zero-order valence-electron chi connectivity index (χ0n) is 14.5. The monoisotopic (exact) mass is 359 g/mol. The molecule has 1 heterocycles. The van der Waals surface area contributed by atoms with E-state index in [-0.39, 0.29) is 17.5 Å². The van der Waals surface area contributed by atoms with Crippen molar-refractivity contribution < 1.29 is 8.42 Å². The Morgan fingerprint density at radius 1 is 1.20 bits per heavy atom. The fraction of sp³-hybridized carbons (Fsp3) is 0.421. The lowest BCUT2D eigenvalue weighted by Crippen LogP contribution is -2.44. The second kappa shape index (κ2) is 7.87.